The zero-order valence-corrected chi connectivity index (χ0v) is 6.99. The van der Waals surface area contributed by atoms with Crippen LogP contribution in [0.1, 0.15) is 29.9 Å². The molecule has 0 saturated heterocycles. The fourth-order valence-electron chi connectivity index (χ4n) is 1.40. The molecule has 0 heterocycles. The molecule has 0 atom stereocenters. The first kappa shape index (κ1) is 7.77. The van der Waals surface area contributed by atoms with Crippen LogP contribution in [0, 0.1) is 0 Å². The van der Waals surface area contributed by atoms with E-state index in [9.17, 15) is 0 Å². The van der Waals surface area contributed by atoms with Crippen LogP contribution >= 0.6 is 0 Å². The van der Waals surface area contributed by atoms with Crippen LogP contribution in [-0.2, 0) is 11.4 Å². The number of rotatable bonds is 3. The smallest absolute Gasteiger partial charge is 0.0930 e. The first-order chi connectivity index (χ1) is 5.90. The van der Waals surface area contributed by atoms with E-state index in [2.05, 4.69) is 29.1 Å². The van der Waals surface area contributed by atoms with Crippen molar-refractivity contribution < 1.29 is 4.84 Å². The fourth-order valence-corrected chi connectivity index (χ4v) is 1.40. The Labute approximate surface area is 72.3 Å². The highest BCUT2D eigenvalue weighted by atomic mass is 16.6. The third kappa shape index (κ3) is 1.65. The average molecular weight is 163 g/mol. The summed E-state index contributed by atoms with van der Waals surface area (Å²) >= 11 is 0. The quantitative estimate of drug-likeness (QED) is 0.691. The molecule has 1 aliphatic rings. The van der Waals surface area contributed by atoms with Crippen molar-refractivity contribution in [1.82, 2.24) is 0 Å². The summed E-state index contributed by atoms with van der Waals surface area (Å²) in [6.45, 7) is 0.505. The Bertz CT molecular complexity index is 251. The van der Waals surface area contributed by atoms with Gasteiger partial charge in [0.1, 0.15) is 0 Å². The van der Waals surface area contributed by atoms with Crippen LogP contribution in [0.15, 0.2) is 24.3 Å². The molecule has 2 nitrogen and oxygen atoms in total. The van der Waals surface area contributed by atoms with Gasteiger partial charge in [0.05, 0.1) is 6.61 Å². The van der Waals surface area contributed by atoms with Gasteiger partial charge >= 0.3 is 0 Å². The lowest BCUT2D eigenvalue weighted by atomic mass is 10.1. The van der Waals surface area contributed by atoms with E-state index < -0.39 is 0 Å². The average Bonchev–Trinajstić information content (AvgIpc) is 2.89. The summed E-state index contributed by atoms with van der Waals surface area (Å²) in [5.41, 5.74) is 2.60. The van der Waals surface area contributed by atoms with Gasteiger partial charge in [0.15, 0.2) is 0 Å². The molecule has 64 valence electrons. The Morgan fingerprint density at radius 1 is 1.25 bits per heavy atom. The van der Waals surface area contributed by atoms with Crippen molar-refractivity contribution in [2.24, 2.45) is 5.90 Å². The van der Waals surface area contributed by atoms with E-state index in [4.69, 9.17) is 5.90 Å². The third-order valence-corrected chi connectivity index (χ3v) is 2.28. The molecule has 0 aliphatic heterocycles. The van der Waals surface area contributed by atoms with Crippen LogP contribution in [0.5, 0.6) is 0 Å². The highest BCUT2D eigenvalue weighted by Crippen LogP contribution is 2.39. The Morgan fingerprint density at radius 2 is 1.92 bits per heavy atom. The predicted molar refractivity (Wildman–Crippen MR) is 47.4 cm³/mol. The van der Waals surface area contributed by atoms with E-state index in [1.165, 1.54) is 18.4 Å². The SMILES string of the molecule is NOCc1ccc(C2CC2)cc1. The lowest BCUT2D eigenvalue weighted by Gasteiger charge is -2.00. The molecular weight excluding hydrogens is 150 g/mol. The lowest BCUT2D eigenvalue weighted by molar-refractivity contribution is 0.124. The van der Waals surface area contributed by atoms with Crippen LogP contribution in [0.25, 0.3) is 0 Å². The van der Waals surface area contributed by atoms with E-state index in [0.717, 1.165) is 11.5 Å². The molecule has 1 aromatic rings. The summed E-state index contributed by atoms with van der Waals surface area (Å²) in [7, 11) is 0. The number of nitrogens with two attached hydrogens (primary N) is 1. The van der Waals surface area contributed by atoms with Crippen molar-refractivity contribution >= 4 is 0 Å². The van der Waals surface area contributed by atoms with E-state index in [1.807, 2.05) is 0 Å². The van der Waals surface area contributed by atoms with Gasteiger partial charge in [-0.3, -0.25) is 4.84 Å². The first-order valence-corrected chi connectivity index (χ1v) is 4.30. The van der Waals surface area contributed by atoms with Crippen molar-refractivity contribution in [3.05, 3.63) is 35.4 Å². The molecule has 1 aromatic carbocycles. The molecule has 12 heavy (non-hydrogen) atoms. The summed E-state index contributed by atoms with van der Waals surface area (Å²) in [5.74, 6) is 5.80. The molecule has 1 aliphatic carbocycles. The molecule has 0 bridgehead atoms. The van der Waals surface area contributed by atoms with Gasteiger partial charge in [-0.1, -0.05) is 24.3 Å². The minimum atomic E-state index is 0.505. The molecule has 2 N–H and O–H groups in total. The normalized spacial score (nSPS) is 16.4. The predicted octanol–water partition coefficient (Wildman–Crippen LogP) is 1.95. The summed E-state index contributed by atoms with van der Waals surface area (Å²) in [5, 5.41) is 0. The molecule has 0 amide bonds. The second-order valence-corrected chi connectivity index (χ2v) is 3.33. The Morgan fingerprint density at radius 3 is 2.42 bits per heavy atom. The van der Waals surface area contributed by atoms with Gasteiger partial charge < -0.3 is 0 Å². The van der Waals surface area contributed by atoms with Crippen LogP contribution in [0.3, 0.4) is 0 Å². The Hall–Kier alpha value is -0.860. The van der Waals surface area contributed by atoms with Gasteiger partial charge in [-0.2, -0.15) is 0 Å². The maximum absolute atomic E-state index is 4.97. The highest BCUT2D eigenvalue weighted by molar-refractivity contribution is 5.27. The van der Waals surface area contributed by atoms with E-state index in [-0.39, 0.29) is 0 Å². The molecule has 1 fully saturated rings. The van der Waals surface area contributed by atoms with E-state index in [1.54, 1.807) is 0 Å². The first-order valence-electron chi connectivity index (χ1n) is 4.30. The van der Waals surface area contributed by atoms with Crippen molar-refractivity contribution in [2.75, 3.05) is 0 Å². The lowest BCUT2D eigenvalue weighted by Crippen LogP contribution is -1.98. The number of benzene rings is 1. The second-order valence-electron chi connectivity index (χ2n) is 3.33. The molecule has 1 saturated carbocycles. The summed E-state index contributed by atoms with van der Waals surface area (Å²) in [4.78, 5) is 4.54. The molecule has 0 unspecified atom stereocenters. The zero-order valence-electron chi connectivity index (χ0n) is 6.99. The second kappa shape index (κ2) is 3.25. The minimum Gasteiger partial charge on any atom is -0.300 e. The van der Waals surface area contributed by atoms with Gasteiger partial charge in [-0.25, -0.2) is 5.90 Å². The van der Waals surface area contributed by atoms with Crippen molar-refractivity contribution in [2.45, 2.75) is 25.4 Å². The summed E-state index contributed by atoms with van der Waals surface area (Å²) in [6, 6.07) is 8.51. The topological polar surface area (TPSA) is 35.2 Å². The van der Waals surface area contributed by atoms with Gasteiger partial charge in [0.25, 0.3) is 0 Å². The molecular formula is C10H13NO. The van der Waals surface area contributed by atoms with E-state index in [0.29, 0.717) is 6.61 Å². The maximum atomic E-state index is 4.97. The Kier molecular flexibility index (Phi) is 2.11. The molecule has 0 spiro atoms. The van der Waals surface area contributed by atoms with Crippen LogP contribution in [0.4, 0.5) is 0 Å². The van der Waals surface area contributed by atoms with Gasteiger partial charge in [-0.15, -0.1) is 0 Å². The third-order valence-electron chi connectivity index (χ3n) is 2.28. The van der Waals surface area contributed by atoms with Gasteiger partial charge in [0.2, 0.25) is 0 Å². The van der Waals surface area contributed by atoms with Crippen LogP contribution in [0.2, 0.25) is 0 Å². The fraction of sp³-hybridized carbons (Fsp3) is 0.400. The minimum absolute atomic E-state index is 0.505. The van der Waals surface area contributed by atoms with Crippen molar-refractivity contribution in [1.29, 1.82) is 0 Å². The largest absolute Gasteiger partial charge is 0.300 e. The van der Waals surface area contributed by atoms with Gasteiger partial charge in [0, 0.05) is 0 Å². The van der Waals surface area contributed by atoms with Crippen LogP contribution in [-0.4, -0.2) is 0 Å². The molecule has 0 aromatic heterocycles. The van der Waals surface area contributed by atoms with Crippen molar-refractivity contribution in [3.63, 3.8) is 0 Å². The molecule has 2 heteroatoms. The highest BCUT2D eigenvalue weighted by Gasteiger charge is 2.22. The van der Waals surface area contributed by atoms with E-state index >= 15 is 0 Å². The monoisotopic (exact) mass is 163 g/mol. The number of hydrogen-bond acceptors (Lipinski definition) is 2. The van der Waals surface area contributed by atoms with Crippen LogP contribution < -0.4 is 5.90 Å². The maximum Gasteiger partial charge on any atom is 0.0930 e. The number of hydrogen-bond donors (Lipinski definition) is 1. The summed E-state index contributed by atoms with van der Waals surface area (Å²) in [6.07, 6.45) is 2.71. The van der Waals surface area contributed by atoms with Gasteiger partial charge in [-0.05, 0) is 29.9 Å². The molecule has 2 rings (SSSR count). The summed E-state index contributed by atoms with van der Waals surface area (Å²) < 4.78 is 0. The standard InChI is InChI=1S/C10H13NO/c11-12-7-8-1-3-9(4-2-8)10-5-6-10/h1-4,10H,5-7,11H2. The zero-order chi connectivity index (χ0) is 8.39. The molecule has 0 radical (unpaired) electrons. The Balaban J connectivity index is 2.08. The van der Waals surface area contributed by atoms with Crippen molar-refractivity contribution in [3.8, 4) is 0 Å².